The van der Waals surface area contributed by atoms with E-state index in [0.29, 0.717) is 11.3 Å². The predicted octanol–water partition coefficient (Wildman–Crippen LogP) is 3.60. The predicted molar refractivity (Wildman–Crippen MR) is 138 cm³/mol. The highest BCUT2D eigenvalue weighted by Crippen LogP contribution is 2.26. The van der Waals surface area contributed by atoms with Crippen LogP contribution in [-0.4, -0.2) is 39.4 Å². The average Bonchev–Trinajstić information content (AvgIpc) is 2.85. The van der Waals surface area contributed by atoms with Gasteiger partial charge in [0.05, 0.1) is 6.54 Å². The largest absolute Gasteiger partial charge is 0.452 e. The summed E-state index contributed by atoms with van der Waals surface area (Å²) in [6, 6.07) is 16.1. The topological polar surface area (TPSA) is 128 Å². The first-order valence-electron chi connectivity index (χ1n) is 11.4. The molecule has 0 saturated heterocycles. The number of nitrogens with one attached hydrogen (secondary N) is 2. The van der Waals surface area contributed by atoms with Crippen LogP contribution in [0.25, 0.3) is 0 Å². The molecule has 3 rings (SSSR count). The first kappa shape index (κ1) is 27.4. The van der Waals surface area contributed by atoms with Gasteiger partial charge >= 0.3 is 16.1 Å². The number of amides is 2. The Morgan fingerprint density at radius 2 is 1.57 bits per heavy atom. The summed E-state index contributed by atoms with van der Waals surface area (Å²) in [6.45, 7) is 6.19. The van der Waals surface area contributed by atoms with Gasteiger partial charge in [0.2, 0.25) is 5.91 Å². The molecule has 9 nitrogen and oxygen atoms in total. The summed E-state index contributed by atoms with van der Waals surface area (Å²) in [5.74, 6) is -2.34. The number of anilines is 1. The van der Waals surface area contributed by atoms with E-state index >= 15 is 0 Å². The van der Waals surface area contributed by atoms with Crippen molar-refractivity contribution in [3.05, 3.63) is 88.5 Å². The van der Waals surface area contributed by atoms with Gasteiger partial charge in [0.15, 0.2) is 12.4 Å². The Bertz CT molecular complexity index is 1450. The van der Waals surface area contributed by atoms with Gasteiger partial charge in [-0.25, -0.2) is 4.79 Å². The highest BCUT2D eigenvalue weighted by atomic mass is 32.2. The molecule has 2 N–H and O–H groups in total. The minimum atomic E-state index is -4.24. The van der Waals surface area contributed by atoms with Crippen LogP contribution in [0.1, 0.15) is 32.6 Å². The second-order valence-electron chi connectivity index (χ2n) is 8.45. The average molecular weight is 525 g/mol. The van der Waals surface area contributed by atoms with Crippen molar-refractivity contribution in [2.75, 3.05) is 18.5 Å². The van der Waals surface area contributed by atoms with Crippen molar-refractivity contribution in [2.45, 2.75) is 32.6 Å². The molecule has 0 saturated carbocycles. The van der Waals surface area contributed by atoms with Crippen LogP contribution in [0.2, 0.25) is 0 Å². The molecule has 3 aromatic rings. The van der Waals surface area contributed by atoms with Crippen LogP contribution in [-0.2, 0) is 24.4 Å². The van der Waals surface area contributed by atoms with Gasteiger partial charge in [0, 0.05) is 5.69 Å². The zero-order chi connectivity index (χ0) is 27.2. The lowest BCUT2D eigenvalue weighted by molar-refractivity contribution is -0.126. The molecule has 0 unspecified atom stereocenters. The Morgan fingerprint density at radius 3 is 2.32 bits per heavy atom. The monoisotopic (exact) mass is 524 g/mol. The van der Waals surface area contributed by atoms with Crippen molar-refractivity contribution < 1.29 is 31.7 Å². The van der Waals surface area contributed by atoms with Crippen LogP contribution in [0.15, 0.2) is 65.6 Å². The highest BCUT2D eigenvalue weighted by Gasteiger charge is 2.24. The smallest absolute Gasteiger partial charge is 0.342 e. The van der Waals surface area contributed by atoms with Crippen LogP contribution in [0.4, 0.5) is 5.69 Å². The highest BCUT2D eigenvalue weighted by molar-refractivity contribution is 7.87. The maximum atomic E-state index is 12.9. The zero-order valence-electron chi connectivity index (χ0n) is 21.0. The summed E-state index contributed by atoms with van der Waals surface area (Å²) in [6.07, 6.45) is 0. The molecule has 2 amide bonds. The number of hydrogen-bond acceptors (Lipinski definition) is 7. The van der Waals surface area contributed by atoms with Gasteiger partial charge in [-0.3, -0.25) is 9.59 Å². The number of hydrogen-bond donors (Lipinski definition) is 2. The summed E-state index contributed by atoms with van der Waals surface area (Å²) in [5, 5.41) is 5.09. The molecule has 3 aromatic carbocycles. The number of aryl methyl sites for hydroxylation is 3. The van der Waals surface area contributed by atoms with Crippen molar-refractivity contribution in [3.8, 4) is 5.75 Å². The second-order valence-corrected chi connectivity index (χ2v) is 9.97. The van der Waals surface area contributed by atoms with E-state index in [1.54, 1.807) is 32.0 Å². The van der Waals surface area contributed by atoms with Crippen molar-refractivity contribution >= 4 is 33.6 Å². The number of esters is 1. The molecular formula is C27H28N2O7S. The lowest BCUT2D eigenvalue weighted by Crippen LogP contribution is -2.35. The summed E-state index contributed by atoms with van der Waals surface area (Å²) < 4.78 is 36.0. The first-order valence-corrected chi connectivity index (χ1v) is 12.8. The van der Waals surface area contributed by atoms with E-state index < -0.39 is 34.5 Å². The van der Waals surface area contributed by atoms with E-state index in [1.165, 1.54) is 30.3 Å². The summed E-state index contributed by atoms with van der Waals surface area (Å²) >= 11 is 0. The fraction of sp³-hybridized carbons (Fsp3) is 0.222. The van der Waals surface area contributed by atoms with Crippen LogP contribution >= 0.6 is 0 Å². The molecule has 0 heterocycles. The molecule has 194 valence electrons. The van der Waals surface area contributed by atoms with E-state index in [4.69, 9.17) is 8.92 Å². The Balaban J connectivity index is 1.59. The SMILES string of the molecule is Cc1ccc(C)c(S(=O)(=O)Oc2ccccc2C(=O)OCC(=O)NCC(=O)Nc2cccc(C)c2C)c1. The summed E-state index contributed by atoms with van der Waals surface area (Å²) in [4.78, 5) is 36.9. The van der Waals surface area contributed by atoms with Gasteiger partial charge in [-0.2, -0.15) is 8.42 Å². The van der Waals surface area contributed by atoms with Crippen LogP contribution < -0.4 is 14.8 Å². The van der Waals surface area contributed by atoms with Crippen LogP contribution in [0.3, 0.4) is 0 Å². The number of carbonyl (C=O) groups is 3. The Kier molecular flexibility index (Phi) is 8.67. The van der Waals surface area contributed by atoms with Gasteiger partial charge in [-0.05, 0) is 74.2 Å². The molecule has 10 heteroatoms. The summed E-state index contributed by atoms with van der Waals surface area (Å²) in [5.41, 5.74) is 3.62. The number of ether oxygens (including phenoxy) is 1. The number of benzene rings is 3. The van der Waals surface area contributed by atoms with Gasteiger partial charge in [-0.1, -0.05) is 36.4 Å². The second kappa shape index (κ2) is 11.7. The number of carbonyl (C=O) groups excluding carboxylic acids is 3. The Labute approximate surface area is 215 Å². The third-order valence-corrected chi connectivity index (χ3v) is 6.96. The van der Waals surface area contributed by atoms with Gasteiger partial charge in [-0.15, -0.1) is 0 Å². The molecule has 0 aliphatic heterocycles. The van der Waals surface area contributed by atoms with Gasteiger partial charge in [0.1, 0.15) is 10.5 Å². The van der Waals surface area contributed by atoms with Crippen LogP contribution in [0, 0.1) is 27.7 Å². The van der Waals surface area contributed by atoms with Gasteiger partial charge < -0.3 is 19.6 Å². The van der Waals surface area contributed by atoms with Crippen molar-refractivity contribution in [2.24, 2.45) is 0 Å². The molecule has 0 aliphatic carbocycles. The van der Waals surface area contributed by atoms with Crippen molar-refractivity contribution in [3.63, 3.8) is 0 Å². The van der Waals surface area contributed by atoms with E-state index in [-0.39, 0.29) is 22.8 Å². The molecule has 0 atom stereocenters. The van der Waals surface area contributed by atoms with E-state index in [0.717, 1.165) is 16.7 Å². The standard InChI is InChI=1S/C27H28N2O7S/c1-17-12-13-19(3)24(14-17)37(33,34)36-23-11-6-5-9-21(23)27(32)35-16-26(31)28-15-25(30)29-22-10-7-8-18(2)20(22)4/h5-14H,15-16H2,1-4H3,(H,28,31)(H,29,30). The Morgan fingerprint density at radius 1 is 0.838 bits per heavy atom. The molecule has 37 heavy (non-hydrogen) atoms. The van der Waals surface area contributed by atoms with Gasteiger partial charge in [0.25, 0.3) is 5.91 Å². The number of rotatable bonds is 9. The van der Waals surface area contributed by atoms with E-state index in [2.05, 4.69) is 10.6 Å². The molecule has 0 radical (unpaired) electrons. The first-order chi connectivity index (χ1) is 17.5. The third-order valence-electron chi connectivity index (χ3n) is 5.58. The van der Waals surface area contributed by atoms with Crippen molar-refractivity contribution in [1.82, 2.24) is 5.32 Å². The molecule has 0 fully saturated rings. The van der Waals surface area contributed by atoms with E-state index in [1.807, 2.05) is 26.0 Å². The molecule has 0 aliphatic rings. The minimum absolute atomic E-state index is 0.0193. The Hall–Kier alpha value is -4.18. The molecule has 0 aromatic heterocycles. The normalized spacial score (nSPS) is 10.9. The zero-order valence-corrected chi connectivity index (χ0v) is 21.8. The van der Waals surface area contributed by atoms with Crippen LogP contribution in [0.5, 0.6) is 5.75 Å². The lowest BCUT2D eigenvalue weighted by Gasteiger charge is -2.13. The number of para-hydroxylation sites is 1. The molecule has 0 bridgehead atoms. The fourth-order valence-electron chi connectivity index (χ4n) is 3.37. The van der Waals surface area contributed by atoms with Crippen molar-refractivity contribution in [1.29, 1.82) is 0 Å². The quantitative estimate of drug-likeness (QED) is 0.323. The summed E-state index contributed by atoms with van der Waals surface area (Å²) in [7, 11) is -4.24. The fourth-order valence-corrected chi connectivity index (χ4v) is 4.63. The minimum Gasteiger partial charge on any atom is -0.452 e. The maximum absolute atomic E-state index is 12.9. The molecule has 0 spiro atoms. The van der Waals surface area contributed by atoms with E-state index in [9.17, 15) is 22.8 Å². The third kappa shape index (κ3) is 7.17. The lowest BCUT2D eigenvalue weighted by atomic mass is 10.1. The molecular weight excluding hydrogens is 496 g/mol. The maximum Gasteiger partial charge on any atom is 0.342 e.